The molecule has 15 heteroatoms. The first kappa shape index (κ1) is 36.5. The zero-order valence-corrected chi connectivity index (χ0v) is 22.7. The second-order valence-corrected chi connectivity index (χ2v) is 9.79. The number of amides is 2. The van der Waals surface area contributed by atoms with Gasteiger partial charge in [-0.3, -0.25) is 9.59 Å². The quantitative estimate of drug-likeness (QED) is 0.0227. The van der Waals surface area contributed by atoms with Gasteiger partial charge in [0.15, 0.2) is 12.4 Å². The second kappa shape index (κ2) is 18.7. The summed E-state index contributed by atoms with van der Waals surface area (Å²) in [6, 6.07) is 0. The number of hydrogen-bond donors (Lipinski definition) is 10. The Morgan fingerprint density at radius 2 is 1.55 bits per heavy atom. The van der Waals surface area contributed by atoms with E-state index in [1.54, 1.807) is 13.8 Å². The number of ether oxygens (including phenoxy) is 2. The van der Waals surface area contributed by atoms with Gasteiger partial charge in [0, 0.05) is 18.5 Å². The minimum Gasteiger partial charge on any atom is -0.394 e. The standard InChI is InChI=1S/C23H48N4O11/c1-5-6-7-8-9-10-11-16(31)27(24)25-13-23(3,4)26-20(34)18(33)17(32)19(15(30)12-28)38-22(21(35)36)37-14(2)29/h14-15,17-19,21-22,25,28-30,32-33,35-36H,5-13,24H2,1-4H3,(H,26,34). The zero-order valence-electron chi connectivity index (χ0n) is 22.7. The van der Waals surface area contributed by atoms with Crippen molar-refractivity contribution in [2.24, 2.45) is 5.84 Å². The van der Waals surface area contributed by atoms with E-state index >= 15 is 0 Å². The first-order valence-electron chi connectivity index (χ1n) is 12.8. The first-order valence-corrected chi connectivity index (χ1v) is 12.8. The Bertz CT molecular complexity index is 669. The van der Waals surface area contributed by atoms with Gasteiger partial charge in [0.05, 0.1) is 6.61 Å². The van der Waals surface area contributed by atoms with Crippen LogP contribution >= 0.6 is 0 Å². The Morgan fingerprint density at radius 1 is 0.974 bits per heavy atom. The Hall–Kier alpha value is -1.50. The molecule has 11 N–H and O–H groups in total. The molecule has 0 spiro atoms. The van der Waals surface area contributed by atoms with Gasteiger partial charge in [0.25, 0.3) is 11.8 Å². The van der Waals surface area contributed by atoms with E-state index in [-0.39, 0.29) is 18.9 Å². The van der Waals surface area contributed by atoms with Crippen molar-refractivity contribution in [2.75, 3.05) is 13.2 Å². The lowest BCUT2D eigenvalue weighted by Gasteiger charge is -2.35. The molecular formula is C23H48N4O11. The van der Waals surface area contributed by atoms with Crippen LogP contribution in [0.15, 0.2) is 0 Å². The molecule has 0 aliphatic rings. The highest BCUT2D eigenvalue weighted by molar-refractivity contribution is 5.82. The van der Waals surface area contributed by atoms with Crippen LogP contribution in [-0.4, -0.2) is 115 Å². The highest BCUT2D eigenvalue weighted by Crippen LogP contribution is 2.16. The van der Waals surface area contributed by atoms with Crippen LogP contribution in [0, 0.1) is 0 Å². The molecule has 0 aromatic rings. The van der Waals surface area contributed by atoms with E-state index in [9.17, 15) is 45.3 Å². The van der Waals surface area contributed by atoms with Crippen molar-refractivity contribution in [1.29, 1.82) is 0 Å². The predicted molar refractivity (Wildman–Crippen MR) is 134 cm³/mol. The average molecular weight is 557 g/mol. The number of nitrogens with one attached hydrogen (secondary N) is 2. The summed E-state index contributed by atoms with van der Waals surface area (Å²) < 4.78 is 9.77. The summed E-state index contributed by atoms with van der Waals surface area (Å²) in [5.74, 6) is 4.31. The molecule has 0 heterocycles. The third-order valence-electron chi connectivity index (χ3n) is 5.53. The molecule has 6 atom stereocenters. The monoisotopic (exact) mass is 556 g/mol. The molecule has 0 aliphatic heterocycles. The first-order chi connectivity index (χ1) is 17.7. The molecule has 0 fully saturated rings. The fraction of sp³-hybridized carbons (Fsp3) is 0.913. The number of nitrogens with zero attached hydrogens (tertiary/aromatic N) is 1. The van der Waals surface area contributed by atoms with Gasteiger partial charge in [-0.25, -0.2) is 16.4 Å². The van der Waals surface area contributed by atoms with E-state index in [1.165, 1.54) is 0 Å². The molecule has 38 heavy (non-hydrogen) atoms. The topological polar surface area (TPSA) is 248 Å². The maximum Gasteiger partial charge on any atom is 0.252 e. The van der Waals surface area contributed by atoms with Crippen LogP contribution in [0.1, 0.15) is 72.6 Å². The third-order valence-corrected chi connectivity index (χ3v) is 5.53. The van der Waals surface area contributed by atoms with Crippen LogP contribution < -0.4 is 16.6 Å². The highest BCUT2D eigenvalue weighted by Gasteiger charge is 2.40. The van der Waals surface area contributed by atoms with E-state index in [0.717, 1.165) is 44.1 Å². The summed E-state index contributed by atoms with van der Waals surface area (Å²) >= 11 is 0. The number of nitrogens with two attached hydrogens (primary N) is 1. The van der Waals surface area contributed by atoms with Crippen LogP contribution in [-0.2, 0) is 19.1 Å². The van der Waals surface area contributed by atoms with Crippen LogP contribution in [0.25, 0.3) is 0 Å². The summed E-state index contributed by atoms with van der Waals surface area (Å²) in [5, 5.41) is 71.4. The summed E-state index contributed by atoms with van der Waals surface area (Å²) in [5.41, 5.74) is 1.58. The van der Waals surface area contributed by atoms with Gasteiger partial charge >= 0.3 is 0 Å². The summed E-state index contributed by atoms with van der Waals surface area (Å²) in [6.45, 7) is 5.31. The fourth-order valence-corrected chi connectivity index (χ4v) is 3.36. The molecule has 6 unspecified atom stereocenters. The lowest BCUT2D eigenvalue weighted by atomic mass is 10.00. The second-order valence-electron chi connectivity index (χ2n) is 9.79. The predicted octanol–water partition coefficient (Wildman–Crippen LogP) is -2.71. The average Bonchev–Trinajstić information content (AvgIpc) is 2.84. The Morgan fingerprint density at radius 3 is 2.08 bits per heavy atom. The van der Waals surface area contributed by atoms with Crippen LogP contribution in [0.3, 0.4) is 0 Å². The van der Waals surface area contributed by atoms with Gasteiger partial charge in [-0.2, -0.15) is 0 Å². The number of aliphatic hydroxyl groups excluding tert-OH is 6. The van der Waals surface area contributed by atoms with Gasteiger partial charge < -0.3 is 50.5 Å². The van der Waals surface area contributed by atoms with E-state index in [4.69, 9.17) is 15.3 Å². The number of carbonyl (C=O) groups is 2. The minimum atomic E-state index is -2.34. The van der Waals surface area contributed by atoms with Crippen molar-refractivity contribution >= 4 is 11.8 Å². The molecular weight excluding hydrogens is 508 g/mol. The molecule has 0 rings (SSSR count). The summed E-state index contributed by atoms with van der Waals surface area (Å²) in [7, 11) is 0. The summed E-state index contributed by atoms with van der Waals surface area (Å²) in [6.07, 6.45) is -7.79. The van der Waals surface area contributed by atoms with E-state index < -0.39 is 61.3 Å². The van der Waals surface area contributed by atoms with Crippen molar-refractivity contribution < 1.29 is 54.8 Å². The molecule has 15 nitrogen and oxygen atoms in total. The smallest absolute Gasteiger partial charge is 0.252 e. The largest absolute Gasteiger partial charge is 0.394 e. The van der Waals surface area contributed by atoms with Gasteiger partial charge in [-0.1, -0.05) is 39.0 Å². The minimum absolute atomic E-state index is 0.0412. The van der Waals surface area contributed by atoms with Gasteiger partial charge in [0.1, 0.15) is 18.3 Å². The van der Waals surface area contributed by atoms with Crippen molar-refractivity contribution in [3.05, 3.63) is 0 Å². The fourth-order valence-electron chi connectivity index (χ4n) is 3.36. The Balaban J connectivity index is 4.97. The molecule has 0 aromatic heterocycles. The SMILES string of the molecule is CCCCCCCCC(=O)N(N)NCC(C)(C)NC(=O)C(O)C(O)C(OC(OC(C)O)C(O)O)C(O)CO. The Labute approximate surface area is 223 Å². The van der Waals surface area contributed by atoms with Gasteiger partial charge in [-0.15, -0.1) is 0 Å². The number of hydrazine groups is 2. The maximum absolute atomic E-state index is 12.6. The highest BCUT2D eigenvalue weighted by atomic mass is 16.8. The molecule has 0 aromatic carbocycles. The van der Waals surface area contributed by atoms with Crippen molar-refractivity contribution in [3.8, 4) is 0 Å². The molecule has 226 valence electrons. The van der Waals surface area contributed by atoms with Crippen LogP contribution in [0.2, 0.25) is 0 Å². The number of carbonyl (C=O) groups excluding carboxylic acids is 2. The van der Waals surface area contributed by atoms with E-state index in [0.29, 0.717) is 6.42 Å². The third kappa shape index (κ3) is 14.6. The summed E-state index contributed by atoms with van der Waals surface area (Å²) in [4.78, 5) is 24.8. The lowest BCUT2D eigenvalue weighted by molar-refractivity contribution is -0.324. The molecule has 0 aliphatic carbocycles. The van der Waals surface area contributed by atoms with Gasteiger partial charge in [-0.05, 0) is 27.2 Å². The molecule has 0 saturated carbocycles. The van der Waals surface area contributed by atoms with Gasteiger partial charge in [0.2, 0.25) is 12.6 Å². The van der Waals surface area contributed by atoms with Crippen molar-refractivity contribution in [2.45, 2.75) is 121 Å². The van der Waals surface area contributed by atoms with E-state index in [1.807, 2.05) is 0 Å². The maximum atomic E-state index is 12.6. The molecule has 0 saturated heterocycles. The lowest BCUT2D eigenvalue weighted by Crippen LogP contribution is -2.61. The van der Waals surface area contributed by atoms with Crippen LogP contribution in [0.4, 0.5) is 0 Å². The molecule has 0 bridgehead atoms. The Kier molecular flexibility index (Phi) is 18.0. The normalized spacial score (nSPS) is 17.0. The number of hydrogen-bond acceptors (Lipinski definition) is 13. The molecule has 0 radical (unpaired) electrons. The zero-order chi connectivity index (χ0) is 29.5. The number of aliphatic hydroxyl groups is 7. The van der Waals surface area contributed by atoms with Crippen LogP contribution in [0.5, 0.6) is 0 Å². The van der Waals surface area contributed by atoms with E-state index in [2.05, 4.69) is 17.7 Å². The van der Waals surface area contributed by atoms with Crippen molar-refractivity contribution in [3.63, 3.8) is 0 Å². The number of unbranched alkanes of at least 4 members (excludes halogenated alkanes) is 5. The van der Waals surface area contributed by atoms with Crippen molar-refractivity contribution in [1.82, 2.24) is 15.9 Å². The molecule has 2 amide bonds. The number of rotatable bonds is 21.